The average molecular weight is 259 g/mol. The Balaban J connectivity index is 2.18. The molecule has 1 heterocycles. The summed E-state index contributed by atoms with van der Waals surface area (Å²) in [5.74, 6) is -1.35. The fourth-order valence-electron chi connectivity index (χ4n) is 1.71. The second-order valence-electron chi connectivity index (χ2n) is 3.97. The lowest BCUT2D eigenvalue weighted by Gasteiger charge is -2.20. The predicted molar refractivity (Wildman–Crippen MR) is 68.7 cm³/mol. The van der Waals surface area contributed by atoms with Gasteiger partial charge in [0.2, 0.25) is 5.91 Å². The quantitative estimate of drug-likeness (QED) is 0.841. The molecule has 0 spiro atoms. The number of amides is 1. The second-order valence-corrected chi connectivity index (χ2v) is 3.97. The fourth-order valence-corrected chi connectivity index (χ4v) is 1.71. The monoisotopic (exact) mass is 259 g/mol. The number of aromatic amines is 1. The number of aromatic nitrogens is 2. The highest BCUT2D eigenvalue weighted by Crippen LogP contribution is 2.14. The molecular formula is C13H13N3O3. The highest BCUT2D eigenvalue weighted by Gasteiger charge is 2.19. The Morgan fingerprint density at radius 3 is 2.53 bits per heavy atom. The Kier molecular flexibility index (Phi) is 3.92. The Hall–Kier alpha value is -2.63. The van der Waals surface area contributed by atoms with Gasteiger partial charge >= 0.3 is 5.97 Å². The summed E-state index contributed by atoms with van der Waals surface area (Å²) < 4.78 is 0. The van der Waals surface area contributed by atoms with Crippen molar-refractivity contribution in [2.24, 2.45) is 0 Å². The zero-order valence-electron chi connectivity index (χ0n) is 10.1. The first-order valence-electron chi connectivity index (χ1n) is 5.72. The molecule has 1 amide bonds. The molecule has 98 valence electrons. The molecule has 0 radical (unpaired) electrons. The normalized spacial score (nSPS) is 10.1. The Morgan fingerprint density at radius 2 is 1.95 bits per heavy atom. The van der Waals surface area contributed by atoms with E-state index in [0.29, 0.717) is 11.4 Å². The summed E-state index contributed by atoms with van der Waals surface area (Å²) in [5, 5.41) is 15.3. The molecule has 19 heavy (non-hydrogen) atoms. The smallest absolute Gasteiger partial charge is 0.323 e. The average Bonchev–Trinajstić information content (AvgIpc) is 2.89. The highest BCUT2D eigenvalue weighted by molar-refractivity contribution is 5.98. The van der Waals surface area contributed by atoms with Gasteiger partial charge < -0.3 is 10.0 Å². The standard InChI is InChI=1S/C13H13N3O3/c17-12(8-10-6-7-14-15-10)16(9-13(18)19)11-4-2-1-3-5-11/h1-7H,8-9H2,(H,14,15)(H,18,19). The van der Waals surface area contributed by atoms with Crippen LogP contribution in [0.15, 0.2) is 42.6 Å². The molecule has 0 aliphatic rings. The van der Waals surface area contributed by atoms with Gasteiger partial charge in [0.05, 0.1) is 6.42 Å². The van der Waals surface area contributed by atoms with Crippen molar-refractivity contribution in [1.29, 1.82) is 0 Å². The van der Waals surface area contributed by atoms with E-state index in [1.807, 2.05) is 6.07 Å². The van der Waals surface area contributed by atoms with Gasteiger partial charge in [0.15, 0.2) is 0 Å². The molecule has 0 aliphatic heterocycles. The van der Waals surface area contributed by atoms with Gasteiger partial charge in [-0.3, -0.25) is 14.7 Å². The van der Waals surface area contributed by atoms with Crippen molar-refractivity contribution in [2.75, 3.05) is 11.4 Å². The predicted octanol–water partition coefficient (Wildman–Crippen LogP) is 1.07. The third kappa shape index (κ3) is 3.41. The number of para-hydroxylation sites is 1. The van der Waals surface area contributed by atoms with Gasteiger partial charge in [0.1, 0.15) is 6.54 Å². The van der Waals surface area contributed by atoms with Crippen molar-refractivity contribution in [3.05, 3.63) is 48.3 Å². The van der Waals surface area contributed by atoms with Crippen LogP contribution in [0, 0.1) is 0 Å². The van der Waals surface area contributed by atoms with Crippen molar-refractivity contribution in [1.82, 2.24) is 10.2 Å². The summed E-state index contributed by atoms with van der Waals surface area (Å²) in [6, 6.07) is 10.4. The molecule has 0 aliphatic carbocycles. The third-order valence-electron chi connectivity index (χ3n) is 2.56. The minimum absolute atomic E-state index is 0.0855. The molecule has 0 saturated heterocycles. The third-order valence-corrected chi connectivity index (χ3v) is 2.56. The largest absolute Gasteiger partial charge is 0.480 e. The molecule has 6 heteroatoms. The van der Waals surface area contributed by atoms with Gasteiger partial charge in [-0.15, -0.1) is 0 Å². The van der Waals surface area contributed by atoms with E-state index in [4.69, 9.17) is 5.11 Å². The number of carboxylic acid groups (broad SMARTS) is 1. The van der Waals surface area contributed by atoms with Crippen LogP contribution in [0.1, 0.15) is 5.69 Å². The second kappa shape index (κ2) is 5.81. The van der Waals surface area contributed by atoms with Crippen molar-refractivity contribution >= 4 is 17.6 Å². The number of benzene rings is 1. The van der Waals surface area contributed by atoms with Crippen LogP contribution in [-0.4, -0.2) is 33.7 Å². The number of anilines is 1. The fraction of sp³-hybridized carbons (Fsp3) is 0.154. The summed E-state index contributed by atoms with van der Waals surface area (Å²) in [6.45, 7) is -0.364. The minimum Gasteiger partial charge on any atom is -0.480 e. The number of rotatable bonds is 5. The number of carbonyl (C=O) groups is 2. The molecule has 2 aromatic rings. The van der Waals surface area contributed by atoms with Crippen LogP contribution in [0.2, 0.25) is 0 Å². The molecule has 0 fully saturated rings. The number of nitrogens with one attached hydrogen (secondary N) is 1. The zero-order valence-corrected chi connectivity index (χ0v) is 10.1. The van der Waals surface area contributed by atoms with Crippen molar-refractivity contribution in [3.63, 3.8) is 0 Å². The van der Waals surface area contributed by atoms with Gasteiger partial charge in [0.25, 0.3) is 0 Å². The van der Waals surface area contributed by atoms with E-state index in [9.17, 15) is 9.59 Å². The Morgan fingerprint density at radius 1 is 1.21 bits per heavy atom. The number of carboxylic acids is 1. The van der Waals surface area contributed by atoms with Crippen LogP contribution < -0.4 is 4.90 Å². The van der Waals surface area contributed by atoms with Gasteiger partial charge in [-0.1, -0.05) is 18.2 Å². The number of hydrogen-bond acceptors (Lipinski definition) is 3. The number of H-pyrrole nitrogens is 1. The number of aliphatic carboxylic acids is 1. The summed E-state index contributed by atoms with van der Waals surface area (Å²) in [7, 11) is 0. The van der Waals surface area contributed by atoms with E-state index in [1.165, 1.54) is 4.90 Å². The molecule has 1 aromatic carbocycles. The molecule has 1 aromatic heterocycles. The van der Waals surface area contributed by atoms with Crippen LogP contribution >= 0.6 is 0 Å². The number of hydrogen-bond donors (Lipinski definition) is 2. The molecule has 0 saturated carbocycles. The first-order chi connectivity index (χ1) is 9.16. The molecular weight excluding hydrogens is 246 g/mol. The van der Waals surface area contributed by atoms with E-state index in [0.717, 1.165) is 0 Å². The minimum atomic E-state index is -1.05. The summed E-state index contributed by atoms with van der Waals surface area (Å²) in [5.41, 5.74) is 1.21. The Labute approximate surface area is 109 Å². The van der Waals surface area contributed by atoms with Crippen LogP contribution in [0.3, 0.4) is 0 Å². The van der Waals surface area contributed by atoms with E-state index in [1.54, 1.807) is 36.5 Å². The lowest BCUT2D eigenvalue weighted by atomic mass is 10.2. The summed E-state index contributed by atoms with van der Waals surface area (Å²) >= 11 is 0. The first kappa shape index (κ1) is 12.8. The van der Waals surface area contributed by atoms with E-state index in [2.05, 4.69) is 10.2 Å². The number of carbonyl (C=O) groups excluding carboxylic acids is 1. The summed E-state index contributed by atoms with van der Waals surface area (Å²) in [6.07, 6.45) is 1.63. The molecule has 2 N–H and O–H groups in total. The van der Waals surface area contributed by atoms with Crippen LogP contribution in [-0.2, 0) is 16.0 Å². The maximum Gasteiger partial charge on any atom is 0.323 e. The zero-order chi connectivity index (χ0) is 13.7. The summed E-state index contributed by atoms with van der Waals surface area (Å²) in [4.78, 5) is 24.3. The van der Waals surface area contributed by atoms with E-state index < -0.39 is 5.97 Å². The lowest BCUT2D eigenvalue weighted by Crippen LogP contribution is -2.36. The molecule has 0 unspecified atom stereocenters. The van der Waals surface area contributed by atoms with Gasteiger partial charge in [0, 0.05) is 17.6 Å². The van der Waals surface area contributed by atoms with E-state index >= 15 is 0 Å². The Bertz CT molecular complexity index is 552. The lowest BCUT2D eigenvalue weighted by molar-refractivity contribution is -0.136. The maximum atomic E-state index is 12.2. The van der Waals surface area contributed by atoms with Gasteiger partial charge in [-0.25, -0.2) is 0 Å². The highest BCUT2D eigenvalue weighted by atomic mass is 16.4. The van der Waals surface area contributed by atoms with E-state index in [-0.39, 0.29) is 18.9 Å². The van der Waals surface area contributed by atoms with Crippen LogP contribution in [0.5, 0.6) is 0 Å². The van der Waals surface area contributed by atoms with Crippen molar-refractivity contribution in [3.8, 4) is 0 Å². The number of nitrogens with zero attached hydrogens (tertiary/aromatic N) is 2. The van der Waals surface area contributed by atoms with Crippen LogP contribution in [0.4, 0.5) is 5.69 Å². The SMILES string of the molecule is O=C(O)CN(C(=O)Cc1ccn[nH]1)c1ccccc1. The molecule has 0 bridgehead atoms. The topological polar surface area (TPSA) is 86.3 Å². The maximum absolute atomic E-state index is 12.2. The van der Waals surface area contributed by atoms with Gasteiger partial charge in [-0.05, 0) is 18.2 Å². The molecule has 2 rings (SSSR count). The first-order valence-corrected chi connectivity index (χ1v) is 5.72. The van der Waals surface area contributed by atoms with Gasteiger partial charge in [-0.2, -0.15) is 5.10 Å². The van der Waals surface area contributed by atoms with Crippen molar-refractivity contribution in [2.45, 2.75) is 6.42 Å². The molecule has 0 atom stereocenters. The van der Waals surface area contributed by atoms with Crippen molar-refractivity contribution < 1.29 is 14.7 Å². The van der Waals surface area contributed by atoms with Crippen LogP contribution in [0.25, 0.3) is 0 Å². The molecule has 6 nitrogen and oxygen atoms in total.